The van der Waals surface area contributed by atoms with Crippen LogP contribution >= 0.6 is 0 Å². The maximum absolute atomic E-state index is 10.5. The molecule has 1 fully saturated rings. The molecule has 1 N–H and O–H groups in total. The van der Waals surface area contributed by atoms with Crippen molar-refractivity contribution in [1.29, 1.82) is 0 Å². The van der Waals surface area contributed by atoms with E-state index >= 15 is 0 Å². The lowest BCUT2D eigenvalue weighted by Crippen LogP contribution is -3.11. The van der Waals surface area contributed by atoms with Gasteiger partial charge in [-0.15, -0.1) is 0 Å². The van der Waals surface area contributed by atoms with E-state index in [1.165, 1.54) is 17.0 Å². The second kappa shape index (κ2) is 5.59. The molecular formula is C12H17N4O2+. The van der Waals surface area contributed by atoms with Gasteiger partial charge in [-0.3, -0.25) is 15.1 Å². The van der Waals surface area contributed by atoms with Gasteiger partial charge in [-0.25, -0.2) is 0 Å². The van der Waals surface area contributed by atoms with Crippen LogP contribution in [0.15, 0.2) is 29.4 Å². The quantitative estimate of drug-likeness (QED) is 0.457. The molecule has 6 nitrogen and oxygen atoms in total. The zero-order valence-electron chi connectivity index (χ0n) is 10.4. The van der Waals surface area contributed by atoms with E-state index in [0.29, 0.717) is 0 Å². The van der Waals surface area contributed by atoms with Crippen molar-refractivity contribution in [3.05, 3.63) is 39.9 Å². The van der Waals surface area contributed by atoms with Crippen molar-refractivity contribution in [3.8, 4) is 0 Å². The molecule has 0 bridgehead atoms. The first-order chi connectivity index (χ1) is 8.65. The summed E-state index contributed by atoms with van der Waals surface area (Å²) in [6, 6.07) is 6.41. The Balaban J connectivity index is 1.94. The van der Waals surface area contributed by atoms with Crippen LogP contribution in [-0.4, -0.2) is 49.4 Å². The fourth-order valence-corrected chi connectivity index (χ4v) is 1.82. The predicted octanol–water partition coefficient (Wildman–Crippen LogP) is -0.241. The van der Waals surface area contributed by atoms with E-state index in [1.54, 1.807) is 18.3 Å². The molecule has 0 radical (unpaired) electrons. The predicted molar refractivity (Wildman–Crippen MR) is 68.9 cm³/mol. The summed E-state index contributed by atoms with van der Waals surface area (Å²) in [7, 11) is 2.18. The SMILES string of the molecule is C[NH+]1CCN(N=Cc2ccc([N+](=O)[O-])cc2)CC1. The molecule has 2 rings (SSSR count). The Morgan fingerprint density at radius 2 is 1.94 bits per heavy atom. The van der Waals surface area contributed by atoms with Crippen LogP contribution in [0.4, 0.5) is 5.69 Å². The molecule has 0 aliphatic carbocycles. The molecule has 1 heterocycles. The van der Waals surface area contributed by atoms with Crippen LogP contribution in [0.2, 0.25) is 0 Å². The van der Waals surface area contributed by atoms with E-state index in [2.05, 4.69) is 12.1 Å². The third kappa shape index (κ3) is 3.27. The molecule has 0 amide bonds. The highest BCUT2D eigenvalue weighted by Gasteiger charge is 2.13. The van der Waals surface area contributed by atoms with E-state index in [9.17, 15) is 10.1 Å². The Hall–Kier alpha value is -1.95. The molecule has 0 unspecified atom stereocenters. The minimum Gasteiger partial charge on any atom is -0.334 e. The third-order valence-corrected chi connectivity index (χ3v) is 3.07. The molecule has 1 saturated heterocycles. The highest BCUT2D eigenvalue weighted by atomic mass is 16.6. The number of nitrogens with zero attached hydrogens (tertiary/aromatic N) is 3. The van der Waals surface area contributed by atoms with Crippen molar-refractivity contribution in [3.63, 3.8) is 0 Å². The van der Waals surface area contributed by atoms with Crippen LogP contribution in [0.1, 0.15) is 5.56 Å². The van der Waals surface area contributed by atoms with Gasteiger partial charge in [-0.2, -0.15) is 5.10 Å². The van der Waals surface area contributed by atoms with Crippen LogP contribution in [-0.2, 0) is 0 Å². The number of benzene rings is 1. The van der Waals surface area contributed by atoms with Gasteiger partial charge in [0, 0.05) is 12.1 Å². The molecule has 0 saturated carbocycles. The number of hydrazone groups is 1. The average Bonchev–Trinajstić information content (AvgIpc) is 2.38. The Labute approximate surface area is 106 Å². The Morgan fingerprint density at radius 3 is 2.50 bits per heavy atom. The Kier molecular flexibility index (Phi) is 3.88. The summed E-state index contributed by atoms with van der Waals surface area (Å²) in [5, 5.41) is 16.9. The Morgan fingerprint density at radius 1 is 1.33 bits per heavy atom. The molecule has 1 aromatic carbocycles. The van der Waals surface area contributed by atoms with Crippen molar-refractivity contribution in [1.82, 2.24) is 5.01 Å². The first kappa shape index (κ1) is 12.5. The van der Waals surface area contributed by atoms with E-state index in [1.807, 2.05) is 5.01 Å². The number of likely N-dealkylation sites (N-methyl/N-ethyl adjacent to an activating group) is 1. The fraction of sp³-hybridized carbons (Fsp3) is 0.417. The minimum absolute atomic E-state index is 0.107. The summed E-state index contributed by atoms with van der Waals surface area (Å²) < 4.78 is 0. The summed E-state index contributed by atoms with van der Waals surface area (Å²) in [6.07, 6.45) is 1.75. The van der Waals surface area contributed by atoms with E-state index in [0.717, 1.165) is 31.7 Å². The molecule has 1 aliphatic rings. The Bertz CT molecular complexity index is 436. The number of hydrogen-bond acceptors (Lipinski definition) is 4. The second-order valence-electron chi connectivity index (χ2n) is 4.50. The summed E-state index contributed by atoms with van der Waals surface area (Å²) in [4.78, 5) is 11.6. The highest BCUT2D eigenvalue weighted by Crippen LogP contribution is 2.10. The van der Waals surface area contributed by atoms with Crippen molar-refractivity contribution >= 4 is 11.9 Å². The maximum Gasteiger partial charge on any atom is 0.269 e. The molecule has 0 spiro atoms. The van der Waals surface area contributed by atoms with Crippen LogP contribution in [0.5, 0.6) is 0 Å². The smallest absolute Gasteiger partial charge is 0.269 e. The first-order valence-electron chi connectivity index (χ1n) is 6.00. The van der Waals surface area contributed by atoms with Crippen molar-refractivity contribution < 1.29 is 9.82 Å². The largest absolute Gasteiger partial charge is 0.334 e. The van der Waals surface area contributed by atoms with Crippen molar-refractivity contribution in [2.24, 2.45) is 5.10 Å². The number of hydrogen-bond donors (Lipinski definition) is 1. The van der Waals surface area contributed by atoms with Crippen molar-refractivity contribution in [2.75, 3.05) is 33.2 Å². The molecule has 18 heavy (non-hydrogen) atoms. The topological polar surface area (TPSA) is 63.2 Å². The van der Waals surface area contributed by atoms with Gasteiger partial charge in [0.2, 0.25) is 0 Å². The summed E-state index contributed by atoms with van der Waals surface area (Å²) in [5.74, 6) is 0. The lowest BCUT2D eigenvalue weighted by Gasteiger charge is -2.27. The zero-order valence-corrected chi connectivity index (χ0v) is 10.4. The molecule has 1 aliphatic heterocycles. The van der Waals surface area contributed by atoms with E-state index in [4.69, 9.17) is 0 Å². The minimum atomic E-state index is -0.399. The molecule has 1 aromatic rings. The van der Waals surface area contributed by atoms with Crippen LogP contribution in [0.25, 0.3) is 0 Å². The van der Waals surface area contributed by atoms with Crippen molar-refractivity contribution in [2.45, 2.75) is 0 Å². The number of nitrogens with one attached hydrogen (secondary N) is 1. The average molecular weight is 249 g/mol. The number of rotatable bonds is 3. The molecule has 96 valence electrons. The van der Waals surface area contributed by atoms with Gasteiger partial charge in [0.1, 0.15) is 0 Å². The number of piperazine rings is 1. The summed E-state index contributed by atoms with van der Waals surface area (Å²) >= 11 is 0. The molecule has 0 aromatic heterocycles. The number of nitro benzene ring substituents is 1. The van der Waals surface area contributed by atoms with Gasteiger partial charge in [0.05, 0.1) is 44.4 Å². The van der Waals surface area contributed by atoms with Crippen LogP contribution in [0, 0.1) is 10.1 Å². The number of nitro groups is 1. The normalized spacial score (nSPS) is 17.3. The highest BCUT2D eigenvalue weighted by molar-refractivity contribution is 5.79. The second-order valence-corrected chi connectivity index (χ2v) is 4.50. The lowest BCUT2D eigenvalue weighted by molar-refractivity contribution is -0.884. The van der Waals surface area contributed by atoms with Gasteiger partial charge < -0.3 is 4.90 Å². The van der Waals surface area contributed by atoms with Crippen LogP contribution in [0.3, 0.4) is 0 Å². The van der Waals surface area contributed by atoms with Gasteiger partial charge in [0.25, 0.3) is 5.69 Å². The molecular weight excluding hydrogens is 232 g/mol. The van der Waals surface area contributed by atoms with Gasteiger partial charge in [0.15, 0.2) is 0 Å². The first-order valence-corrected chi connectivity index (χ1v) is 6.00. The van der Waals surface area contributed by atoms with Gasteiger partial charge in [-0.05, 0) is 17.7 Å². The number of quaternary nitrogens is 1. The zero-order chi connectivity index (χ0) is 13.0. The van der Waals surface area contributed by atoms with E-state index < -0.39 is 4.92 Å². The van der Waals surface area contributed by atoms with E-state index in [-0.39, 0.29) is 5.69 Å². The molecule has 0 atom stereocenters. The maximum atomic E-state index is 10.5. The number of non-ortho nitro benzene ring substituents is 1. The molecule has 6 heteroatoms. The monoisotopic (exact) mass is 249 g/mol. The van der Waals surface area contributed by atoms with Crippen LogP contribution < -0.4 is 4.90 Å². The third-order valence-electron chi connectivity index (χ3n) is 3.07. The van der Waals surface area contributed by atoms with Gasteiger partial charge in [-0.1, -0.05) is 0 Å². The lowest BCUT2D eigenvalue weighted by atomic mass is 10.2. The summed E-state index contributed by atoms with van der Waals surface area (Å²) in [6.45, 7) is 4.10. The standard InChI is InChI=1S/C12H16N4O2/c1-14-6-8-15(9-7-14)13-10-11-2-4-12(5-3-11)16(17)18/h2-5,10H,6-9H2,1H3/p+1. The fourth-order valence-electron chi connectivity index (χ4n) is 1.82. The van der Waals surface area contributed by atoms with Gasteiger partial charge >= 0.3 is 0 Å². The summed E-state index contributed by atoms with van der Waals surface area (Å²) in [5.41, 5.74) is 0.988.